The molecule has 3 heterocycles. The second-order valence-electron chi connectivity index (χ2n) is 7.99. The summed E-state index contributed by atoms with van der Waals surface area (Å²) < 4.78 is 11.3. The molecule has 2 aromatic rings. The average molecular weight is 356 g/mol. The van der Waals surface area contributed by atoms with Crippen molar-refractivity contribution >= 4 is 5.91 Å². The van der Waals surface area contributed by atoms with Crippen LogP contribution in [0.3, 0.4) is 0 Å². The zero-order valence-electron chi connectivity index (χ0n) is 15.8. The Balaban J connectivity index is 1.31. The second kappa shape index (κ2) is 7.29. The van der Waals surface area contributed by atoms with Crippen molar-refractivity contribution in [3.05, 3.63) is 40.7 Å². The lowest BCUT2D eigenvalue weighted by molar-refractivity contribution is -0.132. The quantitative estimate of drug-likeness (QED) is 0.829. The fourth-order valence-electron chi connectivity index (χ4n) is 4.33. The number of hydrogen-bond donors (Lipinski definition) is 0. The third-order valence-corrected chi connectivity index (χ3v) is 5.93. The lowest BCUT2D eigenvalue weighted by atomic mass is 9.83. The molecule has 0 aromatic carbocycles. The molecule has 2 aliphatic rings. The van der Waals surface area contributed by atoms with Crippen molar-refractivity contribution in [3.63, 3.8) is 0 Å². The minimum Gasteiger partial charge on any atom is -0.466 e. The van der Waals surface area contributed by atoms with Crippen molar-refractivity contribution in [1.82, 2.24) is 10.1 Å². The first-order valence-corrected chi connectivity index (χ1v) is 9.90. The number of carbonyl (C=O) groups excluding carboxylic acids is 1. The number of rotatable bonds is 4. The van der Waals surface area contributed by atoms with Crippen molar-refractivity contribution in [1.29, 1.82) is 0 Å². The maximum atomic E-state index is 12.5. The van der Waals surface area contributed by atoms with Gasteiger partial charge in [0.1, 0.15) is 17.3 Å². The van der Waals surface area contributed by atoms with Crippen LogP contribution in [0, 0.1) is 12.8 Å². The smallest absolute Gasteiger partial charge is 0.223 e. The fourth-order valence-corrected chi connectivity index (χ4v) is 4.33. The molecule has 26 heavy (non-hydrogen) atoms. The third-order valence-electron chi connectivity index (χ3n) is 5.93. The van der Waals surface area contributed by atoms with Gasteiger partial charge < -0.3 is 13.8 Å². The van der Waals surface area contributed by atoms with Gasteiger partial charge in [-0.1, -0.05) is 12.1 Å². The van der Waals surface area contributed by atoms with Gasteiger partial charge in [0.2, 0.25) is 5.91 Å². The number of hydrogen-bond acceptors (Lipinski definition) is 4. The van der Waals surface area contributed by atoms with Crippen LogP contribution in [0.1, 0.15) is 67.1 Å². The van der Waals surface area contributed by atoms with Crippen LogP contribution in [0.2, 0.25) is 0 Å². The van der Waals surface area contributed by atoms with E-state index in [4.69, 9.17) is 8.94 Å². The highest BCUT2D eigenvalue weighted by atomic mass is 16.5. The third kappa shape index (κ3) is 3.57. The van der Waals surface area contributed by atoms with E-state index in [2.05, 4.69) is 12.1 Å². The summed E-state index contributed by atoms with van der Waals surface area (Å²) in [6.45, 7) is 5.86. The molecule has 1 atom stereocenters. The molecule has 0 radical (unpaired) electrons. The highest BCUT2D eigenvalue weighted by Crippen LogP contribution is 2.36. The Kier molecular flexibility index (Phi) is 4.88. The molecule has 4 rings (SSSR count). The number of aromatic nitrogens is 1. The second-order valence-corrected chi connectivity index (χ2v) is 7.99. The first-order valence-electron chi connectivity index (χ1n) is 9.90. The molecule has 0 saturated carbocycles. The molecule has 0 unspecified atom stereocenters. The monoisotopic (exact) mass is 356 g/mol. The maximum Gasteiger partial charge on any atom is 0.223 e. The van der Waals surface area contributed by atoms with Crippen LogP contribution in [0.25, 0.3) is 0 Å². The molecule has 5 heteroatoms. The molecule has 1 fully saturated rings. The van der Waals surface area contributed by atoms with Crippen molar-refractivity contribution in [2.45, 2.75) is 64.7 Å². The molecule has 1 aliphatic carbocycles. The summed E-state index contributed by atoms with van der Waals surface area (Å²) in [4.78, 5) is 14.5. The van der Waals surface area contributed by atoms with Gasteiger partial charge in [-0.3, -0.25) is 4.79 Å². The van der Waals surface area contributed by atoms with Gasteiger partial charge in [0.05, 0.1) is 5.69 Å². The van der Waals surface area contributed by atoms with Gasteiger partial charge in [0, 0.05) is 37.4 Å². The Morgan fingerprint density at radius 2 is 2.08 bits per heavy atom. The molecule has 0 bridgehead atoms. The summed E-state index contributed by atoms with van der Waals surface area (Å²) in [6.07, 6.45) is 6.50. The van der Waals surface area contributed by atoms with E-state index in [1.807, 2.05) is 24.0 Å². The number of likely N-dealkylation sites (tertiary alicyclic amines) is 1. The van der Waals surface area contributed by atoms with Crippen molar-refractivity contribution in [3.8, 4) is 0 Å². The molecule has 0 spiro atoms. The van der Waals surface area contributed by atoms with Crippen LogP contribution in [0.5, 0.6) is 0 Å². The van der Waals surface area contributed by atoms with Gasteiger partial charge in [-0.05, 0) is 57.1 Å². The molecule has 5 nitrogen and oxygen atoms in total. The van der Waals surface area contributed by atoms with Gasteiger partial charge in [0.25, 0.3) is 0 Å². The van der Waals surface area contributed by atoms with Gasteiger partial charge in [0.15, 0.2) is 0 Å². The molecule has 140 valence electrons. The minimum atomic E-state index is 0.228. The van der Waals surface area contributed by atoms with E-state index in [1.165, 1.54) is 17.7 Å². The van der Waals surface area contributed by atoms with Gasteiger partial charge in [-0.2, -0.15) is 0 Å². The largest absolute Gasteiger partial charge is 0.466 e. The number of furan rings is 1. The lowest BCUT2D eigenvalue weighted by Crippen LogP contribution is -2.38. The number of nitrogens with zero attached hydrogens (tertiary/aromatic N) is 2. The number of fused-ring (bicyclic) bond motifs is 1. The van der Waals surface area contributed by atoms with E-state index in [0.717, 1.165) is 56.1 Å². The van der Waals surface area contributed by atoms with E-state index in [1.54, 1.807) is 0 Å². The summed E-state index contributed by atoms with van der Waals surface area (Å²) in [7, 11) is 0. The van der Waals surface area contributed by atoms with Crippen LogP contribution in [-0.2, 0) is 24.1 Å². The number of carbonyl (C=O) groups is 1. The zero-order valence-corrected chi connectivity index (χ0v) is 15.8. The van der Waals surface area contributed by atoms with Crippen LogP contribution >= 0.6 is 0 Å². The van der Waals surface area contributed by atoms with E-state index in [-0.39, 0.29) is 5.91 Å². The number of aryl methyl sites for hydroxylation is 3. The Hall–Kier alpha value is -2.04. The van der Waals surface area contributed by atoms with Crippen LogP contribution < -0.4 is 0 Å². The summed E-state index contributed by atoms with van der Waals surface area (Å²) >= 11 is 0. The first kappa shape index (κ1) is 17.4. The Morgan fingerprint density at radius 1 is 1.27 bits per heavy atom. The fraction of sp³-hybridized carbons (Fsp3) is 0.619. The first-order chi connectivity index (χ1) is 12.6. The molecule has 0 N–H and O–H groups in total. The van der Waals surface area contributed by atoms with Crippen molar-refractivity contribution in [2.24, 2.45) is 5.92 Å². The summed E-state index contributed by atoms with van der Waals surface area (Å²) in [5, 5.41) is 4.32. The number of piperidine rings is 1. The Bertz CT molecular complexity index is 768. The summed E-state index contributed by atoms with van der Waals surface area (Å²) in [5.74, 6) is 4.25. The molecular weight excluding hydrogens is 328 g/mol. The van der Waals surface area contributed by atoms with Gasteiger partial charge in [-0.15, -0.1) is 0 Å². The maximum absolute atomic E-state index is 12.5. The van der Waals surface area contributed by atoms with Gasteiger partial charge >= 0.3 is 0 Å². The normalized spacial score (nSPS) is 21.0. The van der Waals surface area contributed by atoms with Crippen LogP contribution in [0.4, 0.5) is 0 Å². The van der Waals surface area contributed by atoms with E-state index in [9.17, 15) is 4.79 Å². The minimum absolute atomic E-state index is 0.228. The van der Waals surface area contributed by atoms with E-state index in [0.29, 0.717) is 24.7 Å². The Morgan fingerprint density at radius 3 is 2.81 bits per heavy atom. The molecule has 2 aromatic heterocycles. The van der Waals surface area contributed by atoms with Gasteiger partial charge in [-0.25, -0.2) is 0 Å². The molecule has 1 amide bonds. The average Bonchev–Trinajstić information content (AvgIpc) is 3.25. The standard InChI is InChI=1S/C21H28N2O3/c1-14-3-7-19-18(13-14)21(26-22-19)16-9-11-23(12-10-16)20(24)8-6-17-5-4-15(2)25-17/h4-5,14,16H,3,6-13H2,1-2H3/t14-/m1/s1. The molecular formula is C21H28N2O3. The van der Waals surface area contributed by atoms with E-state index < -0.39 is 0 Å². The van der Waals surface area contributed by atoms with Crippen LogP contribution in [0.15, 0.2) is 21.1 Å². The highest BCUT2D eigenvalue weighted by Gasteiger charge is 2.31. The highest BCUT2D eigenvalue weighted by molar-refractivity contribution is 5.76. The number of amides is 1. The summed E-state index contributed by atoms with van der Waals surface area (Å²) in [6, 6.07) is 3.91. The van der Waals surface area contributed by atoms with Crippen LogP contribution in [-0.4, -0.2) is 29.1 Å². The topological polar surface area (TPSA) is 59.5 Å². The van der Waals surface area contributed by atoms with Crippen molar-refractivity contribution < 1.29 is 13.7 Å². The predicted molar refractivity (Wildman–Crippen MR) is 98.0 cm³/mol. The van der Waals surface area contributed by atoms with E-state index >= 15 is 0 Å². The summed E-state index contributed by atoms with van der Waals surface area (Å²) in [5.41, 5.74) is 2.53. The molecule has 1 saturated heterocycles. The van der Waals surface area contributed by atoms with Crippen molar-refractivity contribution in [2.75, 3.05) is 13.1 Å². The predicted octanol–water partition coefficient (Wildman–Crippen LogP) is 4.04. The Labute approximate surface area is 154 Å². The lowest BCUT2D eigenvalue weighted by Gasteiger charge is -2.31. The zero-order chi connectivity index (χ0) is 18.1. The SMILES string of the molecule is Cc1ccc(CCC(=O)N2CCC(c3onc4c3C[C@H](C)CC4)CC2)o1. The molecule has 1 aliphatic heterocycles.